The largest absolute Gasteiger partial charge is 0.481 e. The van der Waals surface area contributed by atoms with Crippen LogP contribution in [0.15, 0.2) is 48.5 Å². The molecule has 0 radical (unpaired) electrons. The lowest BCUT2D eigenvalue weighted by Gasteiger charge is -2.45. The van der Waals surface area contributed by atoms with Crippen molar-refractivity contribution in [3.8, 4) is 11.1 Å². The van der Waals surface area contributed by atoms with Crippen LogP contribution in [0.2, 0.25) is 0 Å². The van der Waals surface area contributed by atoms with Gasteiger partial charge in [0.15, 0.2) is 0 Å². The minimum atomic E-state index is -0.868. The lowest BCUT2D eigenvalue weighted by molar-refractivity contribution is -0.164. The number of carbonyl (C=O) groups is 3. The second-order valence-corrected chi connectivity index (χ2v) is 10.1. The number of aliphatic carboxylic acids is 1. The molecule has 2 fully saturated rings. The first-order valence-electron chi connectivity index (χ1n) is 12.0. The number of carbonyl (C=O) groups excluding carboxylic acids is 2. The van der Waals surface area contributed by atoms with E-state index in [1.54, 1.807) is 11.8 Å². The molecule has 2 N–H and O–H groups in total. The number of benzene rings is 2. The number of nitrogens with zero attached hydrogens (tertiary/aromatic N) is 1. The Bertz CT molecular complexity index is 1070. The van der Waals surface area contributed by atoms with E-state index in [1.165, 1.54) is 22.3 Å². The standard InChI is InChI=1S/C27H30N2O5/c1-27(25(31)32)15-29(16-27)24(30)12-18(17-10-11-17)13-28-26(33)34-14-23-21-8-4-2-6-19(21)20-7-3-5-9-22(20)23/h2-9,17-18,23H,10-16H2,1H3,(H,28,33)(H,31,32). The van der Waals surface area contributed by atoms with Crippen LogP contribution in [0.3, 0.4) is 0 Å². The molecule has 2 amide bonds. The van der Waals surface area contributed by atoms with E-state index in [0.717, 1.165) is 12.8 Å². The molecule has 1 aliphatic heterocycles. The number of amides is 2. The van der Waals surface area contributed by atoms with Gasteiger partial charge in [0.05, 0.1) is 5.41 Å². The van der Waals surface area contributed by atoms with Crippen LogP contribution in [0.25, 0.3) is 11.1 Å². The van der Waals surface area contributed by atoms with Gasteiger partial charge in [0.2, 0.25) is 5.91 Å². The Morgan fingerprint density at radius 2 is 1.65 bits per heavy atom. The molecule has 5 rings (SSSR count). The molecule has 1 heterocycles. The highest BCUT2D eigenvalue weighted by atomic mass is 16.5. The molecule has 2 aromatic rings. The summed E-state index contributed by atoms with van der Waals surface area (Å²) in [5.41, 5.74) is 3.86. The number of ether oxygens (including phenoxy) is 1. The van der Waals surface area contributed by atoms with E-state index in [2.05, 4.69) is 29.6 Å². The number of likely N-dealkylation sites (tertiary alicyclic amines) is 1. The number of alkyl carbamates (subject to hydrolysis) is 1. The quantitative estimate of drug-likeness (QED) is 0.621. The summed E-state index contributed by atoms with van der Waals surface area (Å²) in [7, 11) is 0. The molecule has 34 heavy (non-hydrogen) atoms. The van der Waals surface area contributed by atoms with Crippen LogP contribution in [0, 0.1) is 17.3 Å². The van der Waals surface area contributed by atoms with Gasteiger partial charge < -0.3 is 20.1 Å². The molecule has 7 heteroatoms. The fraction of sp³-hybridized carbons (Fsp3) is 0.444. The van der Waals surface area contributed by atoms with Crippen molar-refractivity contribution in [1.82, 2.24) is 10.2 Å². The molecule has 0 bridgehead atoms. The Balaban J connectivity index is 1.13. The normalized spacial score (nSPS) is 18.9. The van der Waals surface area contributed by atoms with E-state index >= 15 is 0 Å². The molecule has 178 valence electrons. The fourth-order valence-electron chi connectivity index (χ4n) is 5.30. The predicted octanol–water partition coefficient (Wildman–Crippen LogP) is 3.87. The molecular weight excluding hydrogens is 432 g/mol. The van der Waals surface area contributed by atoms with Crippen LogP contribution in [0.5, 0.6) is 0 Å². The second kappa shape index (κ2) is 8.78. The summed E-state index contributed by atoms with van der Waals surface area (Å²) < 4.78 is 5.62. The van der Waals surface area contributed by atoms with Gasteiger partial charge in [-0.05, 0) is 53.9 Å². The van der Waals surface area contributed by atoms with Crippen LogP contribution in [0.4, 0.5) is 4.79 Å². The summed E-state index contributed by atoms with van der Waals surface area (Å²) in [5, 5.41) is 12.1. The average Bonchev–Trinajstić information content (AvgIpc) is 3.61. The highest BCUT2D eigenvalue weighted by molar-refractivity contribution is 5.83. The summed E-state index contributed by atoms with van der Waals surface area (Å²) in [6.45, 7) is 2.80. The van der Waals surface area contributed by atoms with Gasteiger partial charge in [0, 0.05) is 32.0 Å². The molecule has 1 saturated heterocycles. The van der Waals surface area contributed by atoms with Gasteiger partial charge >= 0.3 is 12.1 Å². The van der Waals surface area contributed by atoms with Crippen molar-refractivity contribution in [1.29, 1.82) is 0 Å². The maximum absolute atomic E-state index is 12.6. The maximum atomic E-state index is 12.6. The van der Waals surface area contributed by atoms with Gasteiger partial charge in [-0.1, -0.05) is 48.5 Å². The highest BCUT2D eigenvalue weighted by Crippen LogP contribution is 2.44. The van der Waals surface area contributed by atoms with Crippen molar-refractivity contribution in [2.45, 2.75) is 32.1 Å². The molecule has 3 aliphatic rings. The van der Waals surface area contributed by atoms with Crippen molar-refractivity contribution >= 4 is 18.0 Å². The number of hydrogen-bond donors (Lipinski definition) is 2. The van der Waals surface area contributed by atoms with Crippen molar-refractivity contribution in [2.75, 3.05) is 26.2 Å². The van der Waals surface area contributed by atoms with Crippen molar-refractivity contribution < 1.29 is 24.2 Å². The summed E-state index contributed by atoms with van der Waals surface area (Å²) in [4.78, 5) is 38.1. The van der Waals surface area contributed by atoms with Gasteiger partial charge in [-0.3, -0.25) is 9.59 Å². The number of hydrogen-bond acceptors (Lipinski definition) is 4. The third kappa shape index (κ3) is 4.27. The average molecular weight is 463 g/mol. The highest BCUT2D eigenvalue weighted by Gasteiger charge is 2.48. The lowest BCUT2D eigenvalue weighted by atomic mass is 9.81. The van der Waals surface area contributed by atoms with Crippen molar-refractivity contribution in [3.63, 3.8) is 0 Å². The monoisotopic (exact) mass is 462 g/mol. The Morgan fingerprint density at radius 1 is 1.06 bits per heavy atom. The van der Waals surface area contributed by atoms with Gasteiger partial charge in [0.1, 0.15) is 6.61 Å². The first-order valence-corrected chi connectivity index (χ1v) is 12.0. The molecule has 7 nitrogen and oxygen atoms in total. The topological polar surface area (TPSA) is 95.9 Å². The molecule has 2 aromatic carbocycles. The van der Waals surface area contributed by atoms with Crippen molar-refractivity contribution in [3.05, 3.63) is 59.7 Å². The Kier molecular flexibility index (Phi) is 5.80. The summed E-state index contributed by atoms with van der Waals surface area (Å²) in [6, 6.07) is 16.4. The van der Waals surface area contributed by atoms with Crippen LogP contribution in [-0.4, -0.2) is 54.2 Å². The number of nitrogens with one attached hydrogen (secondary N) is 1. The molecule has 1 saturated carbocycles. The zero-order chi connectivity index (χ0) is 23.9. The number of carboxylic acids is 1. The van der Waals surface area contributed by atoms with E-state index in [1.807, 2.05) is 24.3 Å². The van der Waals surface area contributed by atoms with E-state index in [4.69, 9.17) is 4.74 Å². The zero-order valence-corrected chi connectivity index (χ0v) is 19.3. The molecule has 1 atom stereocenters. The van der Waals surface area contributed by atoms with Gasteiger partial charge in [-0.2, -0.15) is 0 Å². The molecule has 2 aliphatic carbocycles. The van der Waals surface area contributed by atoms with E-state index in [9.17, 15) is 19.5 Å². The minimum absolute atomic E-state index is 0.00826. The summed E-state index contributed by atoms with van der Waals surface area (Å²) >= 11 is 0. The van der Waals surface area contributed by atoms with Gasteiger partial charge in [-0.25, -0.2) is 4.79 Å². The fourth-order valence-corrected chi connectivity index (χ4v) is 5.30. The SMILES string of the molecule is CC1(C(=O)O)CN(C(=O)CC(CNC(=O)OCC2c3ccccc3-c3ccccc32)C2CC2)C1. The van der Waals surface area contributed by atoms with Gasteiger partial charge in [0.25, 0.3) is 0 Å². The maximum Gasteiger partial charge on any atom is 0.407 e. The summed E-state index contributed by atoms with van der Waals surface area (Å²) in [5.74, 6) is -0.430. The van der Waals surface area contributed by atoms with Crippen LogP contribution in [-0.2, 0) is 14.3 Å². The van der Waals surface area contributed by atoms with Crippen LogP contribution in [0.1, 0.15) is 43.2 Å². The Labute approximate surface area is 199 Å². The number of rotatable bonds is 8. The van der Waals surface area contributed by atoms with E-state index < -0.39 is 17.5 Å². The van der Waals surface area contributed by atoms with Crippen molar-refractivity contribution in [2.24, 2.45) is 17.3 Å². The Morgan fingerprint density at radius 3 is 2.21 bits per heavy atom. The third-order valence-electron chi connectivity index (χ3n) is 7.53. The minimum Gasteiger partial charge on any atom is -0.481 e. The second-order valence-electron chi connectivity index (χ2n) is 10.1. The number of carboxylic acid groups (broad SMARTS) is 1. The first kappa shape index (κ1) is 22.4. The lowest BCUT2D eigenvalue weighted by Crippen LogP contribution is -2.60. The third-order valence-corrected chi connectivity index (χ3v) is 7.53. The van der Waals surface area contributed by atoms with Crippen LogP contribution >= 0.6 is 0 Å². The first-order chi connectivity index (χ1) is 16.4. The van der Waals surface area contributed by atoms with Crippen LogP contribution < -0.4 is 5.32 Å². The van der Waals surface area contributed by atoms with E-state index in [0.29, 0.717) is 18.9 Å². The Hall–Kier alpha value is -3.35. The molecular formula is C27H30N2O5. The van der Waals surface area contributed by atoms with E-state index in [-0.39, 0.29) is 37.4 Å². The zero-order valence-electron chi connectivity index (χ0n) is 19.3. The summed E-state index contributed by atoms with van der Waals surface area (Å²) in [6.07, 6.45) is 1.96. The molecule has 0 spiro atoms. The number of fused-ring (bicyclic) bond motifs is 3. The van der Waals surface area contributed by atoms with Gasteiger partial charge in [-0.15, -0.1) is 0 Å². The smallest absolute Gasteiger partial charge is 0.407 e. The molecule has 0 aromatic heterocycles. The molecule has 1 unspecified atom stereocenters. The predicted molar refractivity (Wildman–Crippen MR) is 126 cm³/mol.